The van der Waals surface area contributed by atoms with Gasteiger partial charge in [-0.3, -0.25) is 4.84 Å². The number of hydrogen-bond donors (Lipinski definition) is 1. The first-order chi connectivity index (χ1) is 8.99. The number of rotatable bonds is 5. The smallest absolute Gasteiger partial charge is 0.272 e. The average molecular weight is 383 g/mol. The van der Waals surface area contributed by atoms with E-state index in [1.807, 2.05) is 30.3 Å². The quantitative estimate of drug-likeness (QED) is 0.804. The van der Waals surface area contributed by atoms with Crippen LogP contribution in [0.3, 0.4) is 0 Å². The molecule has 19 heavy (non-hydrogen) atoms. The predicted octanol–water partition coefficient (Wildman–Crippen LogP) is 3.57. The van der Waals surface area contributed by atoms with Crippen molar-refractivity contribution in [1.82, 2.24) is 4.89 Å². The summed E-state index contributed by atoms with van der Waals surface area (Å²) in [5.41, 5.74) is 0.871. The third-order valence-corrected chi connectivity index (χ3v) is 6.30. The molecule has 102 valence electrons. The summed E-state index contributed by atoms with van der Waals surface area (Å²) in [5.74, 6) is 0. The number of benzene rings is 1. The standard InChI is InChI=1S/C11H9BrClNO3S2/c12-11-9(13)6-10(18-11)19(15,16)14-17-7-8-4-2-1-3-5-8/h1-6,14H,7H2. The number of nitrogens with one attached hydrogen (secondary N) is 1. The molecular weight excluding hydrogens is 374 g/mol. The second-order valence-corrected chi connectivity index (χ2v) is 8.20. The summed E-state index contributed by atoms with van der Waals surface area (Å²) in [4.78, 5) is 7.07. The van der Waals surface area contributed by atoms with Crippen molar-refractivity contribution in [1.29, 1.82) is 0 Å². The third-order valence-electron chi connectivity index (χ3n) is 2.14. The number of hydrogen-bond acceptors (Lipinski definition) is 4. The average Bonchev–Trinajstić information content (AvgIpc) is 2.72. The van der Waals surface area contributed by atoms with Gasteiger partial charge in [-0.25, -0.2) is 8.42 Å². The first kappa shape index (κ1) is 15.0. The van der Waals surface area contributed by atoms with E-state index in [1.54, 1.807) is 0 Å². The highest BCUT2D eigenvalue weighted by Gasteiger charge is 2.19. The highest BCUT2D eigenvalue weighted by molar-refractivity contribution is 9.11. The van der Waals surface area contributed by atoms with Gasteiger partial charge < -0.3 is 0 Å². The fourth-order valence-electron chi connectivity index (χ4n) is 1.26. The van der Waals surface area contributed by atoms with Gasteiger partial charge in [-0.15, -0.1) is 11.3 Å². The summed E-state index contributed by atoms with van der Waals surface area (Å²) in [7, 11) is -3.70. The van der Waals surface area contributed by atoms with Gasteiger partial charge in [-0.2, -0.15) is 0 Å². The van der Waals surface area contributed by atoms with Crippen molar-refractivity contribution < 1.29 is 13.3 Å². The summed E-state index contributed by atoms with van der Waals surface area (Å²) in [6.07, 6.45) is 0. The zero-order valence-electron chi connectivity index (χ0n) is 9.47. The fraction of sp³-hybridized carbons (Fsp3) is 0.0909. The summed E-state index contributed by atoms with van der Waals surface area (Å²) in [5, 5.41) is 0.355. The van der Waals surface area contributed by atoms with Crippen LogP contribution in [0.1, 0.15) is 5.56 Å². The SMILES string of the molecule is O=S(=O)(NOCc1ccccc1)c1cc(Cl)c(Br)s1. The Morgan fingerprint density at radius 1 is 1.32 bits per heavy atom. The zero-order chi connectivity index (χ0) is 13.9. The van der Waals surface area contributed by atoms with E-state index in [9.17, 15) is 8.42 Å². The van der Waals surface area contributed by atoms with Crippen LogP contribution in [0.5, 0.6) is 0 Å². The third kappa shape index (κ3) is 4.01. The maximum atomic E-state index is 11.9. The van der Waals surface area contributed by atoms with Gasteiger partial charge in [0.25, 0.3) is 10.0 Å². The van der Waals surface area contributed by atoms with Gasteiger partial charge in [-0.1, -0.05) is 46.8 Å². The summed E-state index contributed by atoms with van der Waals surface area (Å²) >= 11 is 9.98. The van der Waals surface area contributed by atoms with E-state index < -0.39 is 10.0 Å². The molecule has 1 heterocycles. The van der Waals surface area contributed by atoms with Gasteiger partial charge in [-0.05, 0) is 27.6 Å². The van der Waals surface area contributed by atoms with E-state index in [0.717, 1.165) is 16.9 Å². The molecule has 0 spiro atoms. The van der Waals surface area contributed by atoms with Gasteiger partial charge in [0.05, 0.1) is 15.4 Å². The first-order valence-electron chi connectivity index (χ1n) is 5.11. The van der Waals surface area contributed by atoms with Crippen LogP contribution < -0.4 is 4.89 Å². The molecule has 0 saturated heterocycles. The molecule has 8 heteroatoms. The van der Waals surface area contributed by atoms with Gasteiger partial charge in [0.1, 0.15) is 4.21 Å². The van der Waals surface area contributed by atoms with Crippen molar-refractivity contribution in [3.8, 4) is 0 Å². The molecule has 0 atom stereocenters. The minimum atomic E-state index is -3.70. The van der Waals surface area contributed by atoms with Crippen LogP contribution in [-0.2, 0) is 21.5 Å². The Kier molecular flexibility index (Phi) is 4.99. The Labute approximate surface area is 128 Å². The van der Waals surface area contributed by atoms with E-state index in [-0.39, 0.29) is 10.8 Å². The van der Waals surface area contributed by atoms with Crippen LogP contribution in [0.15, 0.2) is 44.4 Å². The lowest BCUT2D eigenvalue weighted by Crippen LogP contribution is -2.23. The van der Waals surface area contributed by atoms with Crippen LogP contribution in [0.25, 0.3) is 0 Å². The molecule has 0 fully saturated rings. The van der Waals surface area contributed by atoms with Crippen molar-refractivity contribution >= 4 is 48.9 Å². The van der Waals surface area contributed by atoms with Crippen LogP contribution in [-0.4, -0.2) is 8.42 Å². The molecule has 0 aliphatic carbocycles. The van der Waals surface area contributed by atoms with Crippen LogP contribution in [0.4, 0.5) is 0 Å². The molecule has 0 saturated carbocycles. The van der Waals surface area contributed by atoms with Crippen molar-refractivity contribution in [2.75, 3.05) is 0 Å². The molecule has 0 aliphatic rings. The summed E-state index contributed by atoms with van der Waals surface area (Å²) < 4.78 is 24.4. The van der Waals surface area contributed by atoms with Gasteiger partial charge >= 0.3 is 0 Å². The molecule has 0 unspecified atom stereocenters. The molecule has 2 rings (SSSR count). The summed E-state index contributed by atoms with van der Waals surface area (Å²) in [6, 6.07) is 10.6. The maximum absolute atomic E-state index is 11.9. The lowest BCUT2D eigenvalue weighted by molar-refractivity contribution is 0.0797. The molecule has 2 aromatic rings. The molecule has 4 nitrogen and oxygen atoms in total. The predicted molar refractivity (Wildman–Crippen MR) is 78.6 cm³/mol. The Balaban J connectivity index is 1.99. The molecular formula is C11H9BrClNO3S2. The second-order valence-electron chi connectivity index (χ2n) is 3.55. The van der Waals surface area contributed by atoms with Crippen LogP contribution in [0, 0.1) is 0 Å². The number of sulfonamides is 1. The van der Waals surface area contributed by atoms with E-state index in [2.05, 4.69) is 20.8 Å². The Morgan fingerprint density at radius 3 is 2.58 bits per heavy atom. The largest absolute Gasteiger partial charge is 0.282 e. The molecule has 0 aliphatic heterocycles. The maximum Gasteiger partial charge on any atom is 0.272 e. The molecule has 0 bridgehead atoms. The Hall–Kier alpha value is -0.440. The van der Waals surface area contributed by atoms with E-state index in [4.69, 9.17) is 16.4 Å². The lowest BCUT2D eigenvalue weighted by atomic mass is 10.2. The van der Waals surface area contributed by atoms with Gasteiger partial charge in [0.2, 0.25) is 0 Å². The Bertz CT molecular complexity index is 638. The fourth-order valence-corrected chi connectivity index (χ4v) is 4.45. The highest BCUT2D eigenvalue weighted by atomic mass is 79.9. The topological polar surface area (TPSA) is 55.4 Å². The van der Waals surface area contributed by atoms with Crippen molar-refractivity contribution in [3.63, 3.8) is 0 Å². The van der Waals surface area contributed by atoms with Gasteiger partial charge in [0.15, 0.2) is 0 Å². The first-order valence-corrected chi connectivity index (χ1v) is 8.58. The second kappa shape index (κ2) is 6.34. The van der Waals surface area contributed by atoms with Crippen LogP contribution in [0.2, 0.25) is 5.02 Å². The monoisotopic (exact) mass is 381 g/mol. The molecule has 1 N–H and O–H groups in total. The van der Waals surface area contributed by atoms with E-state index in [0.29, 0.717) is 8.81 Å². The summed E-state index contributed by atoms with van der Waals surface area (Å²) in [6.45, 7) is 0.153. The molecule has 1 aromatic heterocycles. The molecule has 0 amide bonds. The highest BCUT2D eigenvalue weighted by Crippen LogP contribution is 2.34. The molecule has 1 aromatic carbocycles. The lowest BCUT2D eigenvalue weighted by Gasteiger charge is -2.05. The van der Waals surface area contributed by atoms with E-state index in [1.165, 1.54) is 6.07 Å². The normalized spacial score (nSPS) is 11.7. The number of halogens is 2. The molecule has 0 radical (unpaired) electrons. The van der Waals surface area contributed by atoms with E-state index >= 15 is 0 Å². The van der Waals surface area contributed by atoms with Crippen molar-refractivity contribution in [2.24, 2.45) is 0 Å². The Morgan fingerprint density at radius 2 is 2.00 bits per heavy atom. The van der Waals surface area contributed by atoms with Crippen molar-refractivity contribution in [3.05, 3.63) is 50.8 Å². The number of thiophene rings is 1. The minimum Gasteiger partial charge on any atom is -0.282 e. The van der Waals surface area contributed by atoms with Crippen LogP contribution >= 0.6 is 38.9 Å². The zero-order valence-corrected chi connectivity index (χ0v) is 13.4. The van der Waals surface area contributed by atoms with Crippen molar-refractivity contribution in [2.45, 2.75) is 10.8 Å². The minimum absolute atomic E-state index is 0.0948. The van der Waals surface area contributed by atoms with Gasteiger partial charge in [0, 0.05) is 0 Å².